The molecule has 3 aliphatic heterocycles. The normalized spacial score (nSPS) is 28.0. The predicted octanol–water partition coefficient (Wildman–Crippen LogP) is 3.96. The molecule has 0 bridgehead atoms. The fourth-order valence-electron chi connectivity index (χ4n) is 9.90. The summed E-state index contributed by atoms with van der Waals surface area (Å²) in [6.07, 6.45) is -8.78. The molecule has 2 fully saturated rings. The van der Waals surface area contributed by atoms with E-state index in [1.807, 2.05) is 6.92 Å². The fraction of sp³-hybridized carbons (Fsp3) is 0.578. The fourth-order valence-corrected chi connectivity index (χ4v) is 11.4. The number of methoxy groups -OCH3 is 4. The average molecular weight is 1080 g/mol. The second-order valence-corrected chi connectivity index (χ2v) is 20.4. The summed E-state index contributed by atoms with van der Waals surface area (Å²) in [7, 11) is 1.41. The van der Waals surface area contributed by atoms with Gasteiger partial charge in [0.1, 0.15) is 58.4 Å². The number of rotatable bonds is 18. The van der Waals surface area contributed by atoms with Crippen molar-refractivity contribution in [3.05, 3.63) is 62.5 Å². The van der Waals surface area contributed by atoms with Crippen LogP contribution in [0.25, 0.3) is 21.2 Å². The number of aromatic hydroxyl groups is 1. The highest BCUT2D eigenvalue weighted by Crippen LogP contribution is 2.62. The van der Waals surface area contributed by atoms with Crippen LogP contribution in [0.4, 0.5) is 10.5 Å². The van der Waals surface area contributed by atoms with Crippen LogP contribution in [-0.4, -0.2) is 170 Å². The van der Waals surface area contributed by atoms with Crippen molar-refractivity contribution in [1.82, 2.24) is 4.90 Å². The number of hydrogen-bond acceptors (Lipinski definition) is 20. The number of Topliss-reactive ketones (excluding diaryl/α,β-unsaturated/α-hetero) is 1. The van der Waals surface area contributed by atoms with Crippen LogP contribution in [0, 0.1) is 6.92 Å². The number of carboxylic acids is 1. The van der Waals surface area contributed by atoms with E-state index in [4.69, 9.17) is 47.4 Å². The highest BCUT2D eigenvalue weighted by molar-refractivity contribution is 9.09. The summed E-state index contributed by atoms with van der Waals surface area (Å²) < 4.78 is 85.4. The van der Waals surface area contributed by atoms with Crippen molar-refractivity contribution in [1.29, 1.82) is 0 Å². The quantitative estimate of drug-likeness (QED) is 0.0396. The summed E-state index contributed by atoms with van der Waals surface area (Å²) in [4.78, 5) is 42.8. The van der Waals surface area contributed by atoms with Gasteiger partial charge < -0.3 is 72.9 Å². The highest BCUT2D eigenvalue weighted by Gasteiger charge is 2.82. The number of nitrogens with zero attached hydrogens (tertiary/aromatic N) is 4. The lowest BCUT2D eigenvalue weighted by molar-refractivity contribution is -0.379. The molecule has 0 saturated carbocycles. The lowest BCUT2D eigenvalue weighted by Gasteiger charge is -2.51. The van der Waals surface area contributed by atoms with E-state index in [0.717, 1.165) is 11.2 Å². The molecule has 0 aromatic heterocycles. The van der Waals surface area contributed by atoms with Gasteiger partial charge in [0.25, 0.3) is 11.6 Å². The zero-order valence-electron chi connectivity index (χ0n) is 39.6. The summed E-state index contributed by atoms with van der Waals surface area (Å²) in [5.74, 6) is -8.17. The van der Waals surface area contributed by atoms with Gasteiger partial charge in [0.2, 0.25) is 18.2 Å². The Morgan fingerprint density at radius 3 is 2.46 bits per heavy atom. The molecule has 4 aliphatic rings. The number of benzene rings is 3. The number of aliphatic carboxylic acids is 1. The van der Waals surface area contributed by atoms with Gasteiger partial charge in [-0.05, 0) is 54.6 Å². The molecule has 3 heterocycles. The van der Waals surface area contributed by atoms with E-state index >= 15 is 0 Å². The zero-order valence-corrected chi connectivity index (χ0v) is 42.1. The van der Waals surface area contributed by atoms with E-state index in [-0.39, 0.29) is 51.7 Å². The van der Waals surface area contributed by atoms with Gasteiger partial charge in [0.15, 0.2) is 11.9 Å². The maximum atomic E-state index is 14.1. The first-order valence-corrected chi connectivity index (χ1v) is 25.3. The van der Waals surface area contributed by atoms with Crippen molar-refractivity contribution in [2.24, 2.45) is 5.11 Å². The third-order valence-electron chi connectivity index (χ3n) is 13.3. The minimum atomic E-state index is -3.76. The first-order chi connectivity index (χ1) is 33.6. The number of alkyl halides is 1. The van der Waals surface area contributed by atoms with E-state index < -0.39 is 119 Å². The molecule has 388 valence electrons. The lowest BCUT2D eigenvalue weighted by Crippen LogP contribution is -2.74. The number of aryl methyl sites for hydroxylation is 1. The number of carbonyl (C=O) groups excluding carboxylic acids is 2. The van der Waals surface area contributed by atoms with E-state index in [0.29, 0.717) is 40.7 Å². The van der Waals surface area contributed by atoms with Crippen LogP contribution in [0.5, 0.6) is 23.0 Å². The average Bonchev–Trinajstić information content (AvgIpc) is 3.54. The number of ketones is 1. The molecule has 9 atom stereocenters. The van der Waals surface area contributed by atoms with Crippen LogP contribution in [0.2, 0.25) is 0 Å². The SMILES string of the molecule is COc1c2c(c(O)c3c4c(c(C)cc13)C(C)C1OC(O)(C(OC)OC)[C@@](CBr)(OCN(CCS(C)(=O)=O)C(=O)OCc3ccc(O[C@@H]5O[C@H](C(=O)O)C[C@H](O)[C@H]5O)c(N=[N+]=[N-])c3)[C@]1(OC)O4)C(=O)CCC2. The molecule has 1 aliphatic carbocycles. The Labute approximate surface area is 415 Å². The van der Waals surface area contributed by atoms with Gasteiger partial charge in [-0.25, -0.2) is 18.0 Å². The van der Waals surface area contributed by atoms with E-state index in [2.05, 4.69) is 26.0 Å². The standard InChI is InChI=1S/C45H55BrN4O20S/c1-21-15-25-33(35(54)32-24(36(25)61-3)9-8-10-27(32)51)37-31(21)22(2)38-45(64-6,69-37)43(19-46,44(58,70-38)41(62-4)63-5)66-20-50(13-14-71(7,59)60)42(57)65-18-23-11-12-29(26(16-23)48-49-47)67-40-34(53)28(52)17-30(68-40)39(55)56/h11-12,15-16,22,28,30,34,38,40-41,52-54,58H,8-10,13-14,17-20H2,1-7H3,(H,55,56)/t22?,28-,30-,34+,38?,40+,43+,44?,45+/m0/s1. The Morgan fingerprint density at radius 1 is 1.13 bits per heavy atom. The van der Waals surface area contributed by atoms with Gasteiger partial charge in [0.05, 0.1) is 35.6 Å². The molecule has 24 nitrogen and oxygen atoms in total. The van der Waals surface area contributed by atoms with Gasteiger partial charge in [-0.3, -0.25) is 9.69 Å². The van der Waals surface area contributed by atoms with Crippen LogP contribution < -0.4 is 14.2 Å². The smallest absolute Gasteiger partial charge is 0.411 e. The minimum Gasteiger partial charge on any atom is -0.506 e. The molecule has 5 N–H and O–H groups in total. The predicted molar refractivity (Wildman–Crippen MR) is 248 cm³/mol. The van der Waals surface area contributed by atoms with Gasteiger partial charge in [0, 0.05) is 79.6 Å². The first kappa shape index (κ1) is 53.7. The summed E-state index contributed by atoms with van der Waals surface area (Å²) in [5.41, 5.74) is 8.76. The molecule has 0 spiro atoms. The highest BCUT2D eigenvalue weighted by atomic mass is 79.9. The molecule has 2 saturated heterocycles. The number of hydrogen-bond donors (Lipinski definition) is 5. The molecule has 3 aromatic rings. The van der Waals surface area contributed by atoms with Crippen LogP contribution in [0.3, 0.4) is 0 Å². The van der Waals surface area contributed by atoms with Crippen LogP contribution in [0.15, 0.2) is 29.4 Å². The van der Waals surface area contributed by atoms with Crippen molar-refractivity contribution in [3.63, 3.8) is 0 Å². The number of carbonyl (C=O) groups is 3. The molecule has 26 heteroatoms. The van der Waals surface area contributed by atoms with Crippen molar-refractivity contribution in [3.8, 4) is 23.0 Å². The van der Waals surface area contributed by atoms with E-state index in [1.54, 1.807) is 13.0 Å². The third-order valence-corrected chi connectivity index (χ3v) is 15.0. The Balaban J connectivity index is 1.25. The Hall–Kier alpha value is -5.09. The number of sulfone groups is 1. The first-order valence-electron chi connectivity index (χ1n) is 22.1. The second-order valence-electron chi connectivity index (χ2n) is 17.6. The molecule has 1 amide bonds. The molecular weight excluding hydrogens is 1030 g/mol. The number of azide groups is 1. The summed E-state index contributed by atoms with van der Waals surface area (Å²) in [5, 5.41) is 58.9. The van der Waals surface area contributed by atoms with Crippen molar-refractivity contribution >= 4 is 60.1 Å². The van der Waals surface area contributed by atoms with Gasteiger partial charge in [-0.1, -0.05) is 34.0 Å². The van der Waals surface area contributed by atoms with E-state index in [9.17, 15) is 53.9 Å². The monoisotopic (exact) mass is 1080 g/mol. The molecule has 71 heavy (non-hydrogen) atoms. The molecule has 3 unspecified atom stereocenters. The van der Waals surface area contributed by atoms with Gasteiger partial charge >= 0.3 is 12.1 Å². The summed E-state index contributed by atoms with van der Waals surface area (Å²) in [6, 6.07) is 5.68. The van der Waals surface area contributed by atoms with E-state index in [1.165, 1.54) is 46.6 Å². The topological polar surface area (TPSA) is 331 Å². The maximum Gasteiger partial charge on any atom is 0.411 e. The van der Waals surface area contributed by atoms with Crippen molar-refractivity contribution in [2.75, 3.05) is 59.1 Å². The number of phenols is 1. The zero-order chi connectivity index (χ0) is 52.0. The van der Waals surface area contributed by atoms with Crippen LogP contribution in [0.1, 0.15) is 64.7 Å². The molecule has 7 rings (SSSR count). The molecule has 3 aromatic carbocycles. The number of amides is 1. The number of ether oxygens (including phenoxy) is 10. The number of phenolic OH excluding ortho intramolecular Hbond substituents is 1. The Morgan fingerprint density at radius 2 is 1.85 bits per heavy atom. The number of halogens is 1. The van der Waals surface area contributed by atoms with Gasteiger partial charge in [-0.2, -0.15) is 0 Å². The van der Waals surface area contributed by atoms with Gasteiger partial charge in [-0.15, -0.1) is 0 Å². The Kier molecular flexibility index (Phi) is 15.7. The van der Waals surface area contributed by atoms with Crippen molar-refractivity contribution in [2.45, 2.75) is 106 Å². The molecular formula is C45H55BrN4O20S. The molecule has 0 radical (unpaired) electrons. The number of carboxylic acid groups (broad SMARTS) is 1. The van der Waals surface area contributed by atoms with Crippen LogP contribution in [-0.2, 0) is 60.8 Å². The largest absolute Gasteiger partial charge is 0.506 e. The number of fused-ring (bicyclic) bond motifs is 5. The number of aliphatic hydroxyl groups excluding tert-OH is 2. The van der Waals surface area contributed by atoms with Crippen molar-refractivity contribution < 1.29 is 95.7 Å². The second kappa shape index (κ2) is 20.8. The Bertz CT molecular complexity index is 2740. The lowest BCUT2D eigenvalue weighted by atomic mass is 9.76. The third kappa shape index (κ3) is 9.33. The maximum absolute atomic E-state index is 14.1. The van der Waals surface area contributed by atoms with Crippen LogP contribution >= 0.6 is 15.9 Å². The summed E-state index contributed by atoms with van der Waals surface area (Å²) in [6.45, 7) is 1.66. The number of aliphatic hydroxyl groups is 3. The summed E-state index contributed by atoms with van der Waals surface area (Å²) >= 11 is 3.50. The minimum absolute atomic E-state index is 0.0464.